The summed E-state index contributed by atoms with van der Waals surface area (Å²) in [6.07, 6.45) is -4.53. The van der Waals surface area contributed by atoms with Crippen molar-refractivity contribution in [2.45, 2.75) is 37.6 Å². The second-order valence-corrected chi connectivity index (χ2v) is 6.40. The molecule has 0 saturated heterocycles. The Balaban J connectivity index is 2.73. The molecule has 1 aromatic rings. The van der Waals surface area contributed by atoms with Gasteiger partial charge in [0.1, 0.15) is 10.6 Å². The van der Waals surface area contributed by atoms with Gasteiger partial charge in [-0.1, -0.05) is 12.1 Å². The topological polar surface area (TPSA) is 64.6 Å². The summed E-state index contributed by atoms with van der Waals surface area (Å²) in [5.74, 6) is -0.763. The third kappa shape index (κ3) is 6.63. The van der Waals surface area contributed by atoms with Gasteiger partial charge in [-0.3, -0.25) is 0 Å². The van der Waals surface area contributed by atoms with Crippen LogP contribution in [0.25, 0.3) is 0 Å². The van der Waals surface area contributed by atoms with Gasteiger partial charge in [0.05, 0.1) is 6.10 Å². The molecular weight excluding hydrogens is 323 g/mol. The third-order valence-corrected chi connectivity index (χ3v) is 3.93. The molecule has 1 N–H and O–H groups in total. The molecule has 5 nitrogen and oxygen atoms in total. The molecule has 0 aliphatic carbocycles. The van der Waals surface area contributed by atoms with E-state index in [9.17, 15) is 21.6 Å². The Bertz CT molecular complexity index is 573. The Morgan fingerprint density at radius 1 is 1.23 bits per heavy atom. The molecule has 0 aliphatic heterocycles. The molecule has 1 rings (SSSR count). The first-order valence-corrected chi connectivity index (χ1v) is 8.06. The minimum absolute atomic E-state index is 0.0255. The number of rotatable bonds is 8. The number of sulfonamides is 1. The van der Waals surface area contributed by atoms with Crippen LogP contribution >= 0.6 is 0 Å². The monoisotopic (exact) mass is 341 g/mol. The maximum absolute atomic E-state index is 12.3. The maximum Gasteiger partial charge on any atom is 0.573 e. The van der Waals surface area contributed by atoms with E-state index in [0.717, 1.165) is 12.1 Å². The molecule has 0 aromatic heterocycles. The predicted octanol–water partition coefficient (Wildman–Crippen LogP) is 2.68. The van der Waals surface area contributed by atoms with Gasteiger partial charge in [-0.05, 0) is 32.4 Å². The molecule has 126 valence electrons. The van der Waals surface area contributed by atoms with E-state index >= 15 is 0 Å². The number of halogens is 3. The smallest absolute Gasteiger partial charge is 0.404 e. The lowest BCUT2D eigenvalue weighted by Crippen LogP contribution is -2.27. The molecule has 0 spiro atoms. The average molecular weight is 341 g/mol. The second kappa shape index (κ2) is 7.80. The van der Waals surface area contributed by atoms with Crippen molar-refractivity contribution in [3.8, 4) is 5.75 Å². The first-order chi connectivity index (χ1) is 10.1. The number of ether oxygens (including phenoxy) is 2. The molecule has 1 aromatic carbocycles. The molecule has 0 saturated carbocycles. The zero-order chi connectivity index (χ0) is 16.8. The van der Waals surface area contributed by atoms with E-state index in [1.165, 1.54) is 12.1 Å². The van der Waals surface area contributed by atoms with E-state index in [0.29, 0.717) is 13.0 Å². The van der Waals surface area contributed by atoms with Crippen LogP contribution in [0.4, 0.5) is 13.2 Å². The molecule has 0 fully saturated rings. The molecule has 9 heteroatoms. The van der Waals surface area contributed by atoms with Crippen LogP contribution in [0.1, 0.15) is 20.3 Å². The van der Waals surface area contributed by atoms with Gasteiger partial charge in [0.25, 0.3) is 0 Å². The first kappa shape index (κ1) is 18.7. The lowest BCUT2D eigenvalue weighted by molar-refractivity contribution is -0.275. The molecule has 0 heterocycles. The average Bonchev–Trinajstić information content (AvgIpc) is 2.36. The summed E-state index contributed by atoms with van der Waals surface area (Å²) in [5.41, 5.74) is 0. The Labute approximate surface area is 127 Å². The lowest BCUT2D eigenvalue weighted by Gasteiger charge is -2.14. The number of hydrogen-bond acceptors (Lipinski definition) is 4. The summed E-state index contributed by atoms with van der Waals surface area (Å²) < 4.78 is 72.1. The highest BCUT2D eigenvalue weighted by atomic mass is 32.2. The van der Waals surface area contributed by atoms with Crippen molar-refractivity contribution in [1.29, 1.82) is 0 Å². The van der Waals surface area contributed by atoms with Gasteiger partial charge >= 0.3 is 6.36 Å². The van der Waals surface area contributed by atoms with Gasteiger partial charge < -0.3 is 9.47 Å². The normalized spacial score (nSPS) is 12.6. The van der Waals surface area contributed by atoms with Crippen molar-refractivity contribution in [1.82, 2.24) is 4.72 Å². The van der Waals surface area contributed by atoms with Crippen molar-refractivity contribution in [3.05, 3.63) is 24.3 Å². The van der Waals surface area contributed by atoms with Gasteiger partial charge in [0.15, 0.2) is 0 Å². The fourth-order valence-electron chi connectivity index (χ4n) is 1.56. The molecule has 0 amide bonds. The van der Waals surface area contributed by atoms with E-state index < -0.39 is 27.0 Å². The Morgan fingerprint density at radius 3 is 2.45 bits per heavy atom. The fourth-order valence-corrected chi connectivity index (χ4v) is 2.76. The molecule has 0 aliphatic rings. The summed E-state index contributed by atoms with van der Waals surface area (Å²) in [7, 11) is -4.09. The van der Waals surface area contributed by atoms with Crippen molar-refractivity contribution in [2.24, 2.45) is 0 Å². The number of hydrogen-bond donors (Lipinski definition) is 1. The number of alkyl halides is 3. The van der Waals surface area contributed by atoms with Crippen LogP contribution in [0, 0.1) is 0 Å². The number of benzene rings is 1. The summed E-state index contributed by atoms with van der Waals surface area (Å²) >= 11 is 0. The van der Waals surface area contributed by atoms with Crippen molar-refractivity contribution in [2.75, 3.05) is 13.2 Å². The zero-order valence-corrected chi connectivity index (χ0v) is 13.0. The van der Waals surface area contributed by atoms with Crippen LogP contribution in [0.2, 0.25) is 0 Å². The highest BCUT2D eigenvalue weighted by Crippen LogP contribution is 2.29. The van der Waals surface area contributed by atoms with Gasteiger partial charge in [0, 0.05) is 13.2 Å². The first-order valence-electron chi connectivity index (χ1n) is 6.58. The van der Waals surface area contributed by atoms with E-state index in [1.807, 2.05) is 13.8 Å². The third-order valence-electron chi connectivity index (χ3n) is 2.43. The molecule has 0 atom stereocenters. The largest absolute Gasteiger partial charge is 0.573 e. The predicted molar refractivity (Wildman–Crippen MR) is 74.0 cm³/mol. The van der Waals surface area contributed by atoms with Crippen LogP contribution in [0.15, 0.2) is 29.2 Å². The molecule has 22 heavy (non-hydrogen) atoms. The number of nitrogens with one attached hydrogen (secondary N) is 1. The van der Waals surface area contributed by atoms with Gasteiger partial charge in [-0.25, -0.2) is 13.1 Å². The summed E-state index contributed by atoms with van der Waals surface area (Å²) in [6.45, 7) is 4.08. The van der Waals surface area contributed by atoms with E-state index in [-0.39, 0.29) is 12.6 Å². The highest BCUT2D eigenvalue weighted by molar-refractivity contribution is 7.89. The second-order valence-electron chi connectivity index (χ2n) is 4.67. The Kier molecular flexibility index (Phi) is 6.64. The van der Waals surface area contributed by atoms with Crippen molar-refractivity contribution < 1.29 is 31.1 Å². The molecule has 0 radical (unpaired) electrons. The summed E-state index contributed by atoms with van der Waals surface area (Å²) in [4.78, 5) is -0.558. The van der Waals surface area contributed by atoms with Gasteiger partial charge in [-0.15, -0.1) is 13.2 Å². The maximum atomic E-state index is 12.3. The van der Waals surface area contributed by atoms with E-state index in [4.69, 9.17) is 4.74 Å². The lowest BCUT2D eigenvalue weighted by atomic mass is 10.3. The zero-order valence-electron chi connectivity index (χ0n) is 12.2. The standard InChI is InChI=1S/C13H18F3NO4S/c1-10(2)20-9-5-8-17-22(18,19)12-7-4-3-6-11(12)21-13(14,15)16/h3-4,6-7,10,17H,5,8-9H2,1-2H3. The molecular formula is C13H18F3NO4S. The molecule has 0 unspecified atom stereocenters. The Morgan fingerprint density at radius 2 is 1.86 bits per heavy atom. The highest BCUT2D eigenvalue weighted by Gasteiger charge is 2.33. The van der Waals surface area contributed by atoms with Crippen LogP contribution in [0.3, 0.4) is 0 Å². The van der Waals surface area contributed by atoms with E-state index in [1.54, 1.807) is 0 Å². The minimum Gasteiger partial charge on any atom is -0.404 e. The van der Waals surface area contributed by atoms with Gasteiger partial charge in [0.2, 0.25) is 10.0 Å². The summed E-state index contributed by atoms with van der Waals surface area (Å²) in [6, 6.07) is 4.58. The quantitative estimate of drug-likeness (QED) is 0.739. The fraction of sp³-hybridized carbons (Fsp3) is 0.538. The minimum atomic E-state index is -4.96. The van der Waals surface area contributed by atoms with Gasteiger partial charge in [-0.2, -0.15) is 0 Å². The summed E-state index contributed by atoms with van der Waals surface area (Å²) in [5, 5.41) is 0. The van der Waals surface area contributed by atoms with Crippen LogP contribution in [-0.4, -0.2) is 34.0 Å². The van der Waals surface area contributed by atoms with Crippen LogP contribution in [0.5, 0.6) is 5.75 Å². The SMILES string of the molecule is CC(C)OCCCNS(=O)(=O)c1ccccc1OC(F)(F)F. The van der Waals surface area contributed by atoms with Crippen molar-refractivity contribution in [3.63, 3.8) is 0 Å². The van der Waals surface area contributed by atoms with E-state index in [2.05, 4.69) is 9.46 Å². The van der Waals surface area contributed by atoms with Crippen molar-refractivity contribution >= 4 is 10.0 Å². The Hall–Kier alpha value is -1.32. The molecule has 0 bridgehead atoms. The van der Waals surface area contributed by atoms with Crippen LogP contribution in [-0.2, 0) is 14.8 Å². The number of para-hydroxylation sites is 1. The van der Waals surface area contributed by atoms with Crippen LogP contribution < -0.4 is 9.46 Å².